The number of nitrogens with one attached hydrogen (secondary N) is 2. The lowest BCUT2D eigenvalue weighted by molar-refractivity contribution is -0.141. The Morgan fingerprint density at radius 3 is 2.73 bits per heavy atom. The second-order valence-corrected chi connectivity index (χ2v) is 9.40. The molecule has 3 rings (SSSR count). The topological polar surface area (TPSA) is 114 Å². The summed E-state index contributed by atoms with van der Waals surface area (Å²) in [5.74, 6) is -2.69. The van der Waals surface area contributed by atoms with Gasteiger partial charge in [0.15, 0.2) is 5.78 Å². The zero-order valence-electron chi connectivity index (χ0n) is 18.8. The first-order valence-electron chi connectivity index (χ1n) is 11.1. The van der Waals surface area contributed by atoms with E-state index in [1.807, 2.05) is 36.4 Å². The lowest BCUT2D eigenvalue weighted by atomic mass is 9.87. The summed E-state index contributed by atoms with van der Waals surface area (Å²) in [4.78, 5) is 51.7. The van der Waals surface area contributed by atoms with Crippen LogP contribution >= 0.6 is 11.5 Å². The Bertz CT molecular complexity index is 989. The minimum absolute atomic E-state index is 0.0825. The average molecular weight is 472 g/mol. The maximum atomic E-state index is 13.1. The molecule has 9 heteroatoms. The van der Waals surface area contributed by atoms with Crippen molar-refractivity contribution in [3.8, 4) is 0 Å². The summed E-state index contributed by atoms with van der Waals surface area (Å²) >= 11 is 1.38. The van der Waals surface area contributed by atoms with Gasteiger partial charge in [-0.15, -0.1) is 0 Å². The van der Waals surface area contributed by atoms with Gasteiger partial charge in [0.25, 0.3) is 5.91 Å². The van der Waals surface area contributed by atoms with Crippen LogP contribution in [0.4, 0.5) is 4.79 Å². The molecule has 176 valence electrons. The van der Waals surface area contributed by atoms with Crippen molar-refractivity contribution in [2.24, 2.45) is 11.8 Å². The zero-order chi connectivity index (χ0) is 23.8. The van der Waals surface area contributed by atoms with Crippen LogP contribution in [-0.2, 0) is 38.6 Å². The lowest BCUT2D eigenvalue weighted by Gasteiger charge is -2.23. The second-order valence-electron chi connectivity index (χ2n) is 8.51. The fourth-order valence-corrected chi connectivity index (χ4v) is 4.48. The van der Waals surface area contributed by atoms with E-state index >= 15 is 0 Å². The molecule has 1 aliphatic heterocycles. The summed E-state index contributed by atoms with van der Waals surface area (Å²) in [7, 11) is 0. The molecule has 0 fully saturated rings. The number of carbonyl (C=O) groups is 4. The first-order valence-corrected chi connectivity index (χ1v) is 11.9. The van der Waals surface area contributed by atoms with Crippen molar-refractivity contribution in [1.82, 2.24) is 15.0 Å². The molecule has 0 radical (unpaired) electrons. The molecule has 33 heavy (non-hydrogen) atoms. The molecule has 1 aliphatic rings. The monoisotopic (exact) mass is 471 g/mol. The molecule has 2 N–H and O–H groups in total. The molecular weight excluding hydrogens is 442 g/mol. The number of benzene rings is 1. The summed E-state index contributed by atoms with van der Waals surface area (Å²) in [6.45, 7) is 4.08. The number of alkyl carbamates (subject to hydrolysis) is 1. The molecule has 2 heterocycles. The van der Waals surface area contributed by atoms with Crippen molar-refractivity contribution in [3.05, 3.63) is 52.5 Å². The fourth-order valence-electron chi connectivity index (χ4n) is 3.70. The highest BCUT2D eigenvalue weighted by molar-refractivity contribution is 7.05. The van der Waals surface area contributed by atoms with Gasteiger partial charge < -0.3 is 15.4 Å². The molecule has 2 amide bonds. The van der Waals surface area contributed by atoms with Gasteiger partial charge in [-0.1, -0.05) is 44.2 Å². The normalized spacial score (nSPS) is 17.6. The number of hydrogen-bond acceptors (Lipinski definition) is 7. The summed E-state index contributed by atoms with van der Waals surface area (Å²) in [6.07, 6.45) is 0.828. The van der Waals surface area contributed by atoms with Crippen molar-refractivity contribution in [2.75, 3.05) is 6.54 Å². The number of fused-ring (bicyclic) bond motifs is 2. The molecule has 8 nitrogen and oxygen atoms in total. The number of nitrogens with zero attached hydrogens (tertiary/aromatic N) is 1. The molecule has 2 aromatic rings. The van der Waals surface area contributed by atoms with Gasteiger partial charge in [0.1, 0.15) is 6.61 Å². The van der Waals surface area contributed by atoms with Crippen LogP contribution in [-0.4, -0.2) is 40.5 Å². The minimum atomic E-state index is -0.840. The first-order chi connectivity index (χ1) is 15.8. The quantitative estimate of drug-likeness (QED) is 0.600. The van der Waals surface area contributed by atoms with E-state index in [1.54, 1.807) is 13.8 Å². The molecule has 2 unspecified atom stereocenters. The Morgan fingerprint density at radius 2 is 2.00 bits per heavy atom. The Kier molecular flexibility index (Phi) is 8.71. The lowest BCUT2D eigenvalue weighted by Crippen LogP contribution is -2.46. The van der Waals surface area contributed by atoms with Crippen molar-refractivity contribution < 1.29 is 23.9 Å². The average Bonchev–Trinajstić information content (AvgIpc) is 3.24. The summed E-state index contributed by atoms with van der Waals surface area (Å²) in [6, 6.07) is 10.3. The molecule has 0 spiro atoms. The van der Waals surface area contributed by atoms with Gasteiger partial charge in [0.2, 0.25) is 5.78 Å². The first kappa shape index (κ1) is 24.6. The van der Waals surface area contributed by atoms with Crippen LogP contribution in [0.3, 0.4) is 0 Å². The van der Waals surface area contributed by atoms with Crippen LogP contribution in [0.15, 0.2) is 36.4 Å². The van der Waals surface area contributed by atoms with Crippen LogP contribution in [0.1, 0.15) is 42.8 Å². The number of aryl methyl sites for hydroxylation is 1. The number of hydrogen-bond donors (Lipinski definition) is 2. The number of amides is 2. The van der Waals surface area contributed by atoms with Gasteiger partial charge in [-0.3, -0.25) is 14.4 Å². The molecule has 2 atom stereocenters. The molecule has 1 aromatic heterocycles. The number of ether oxygens (including phenoxy) is 1. The van der Waals surface area contributed by atoms with Gasteiger partial charge in [0, 0.05) is 30.2 Å². The number of carbonyl (C=O) groups excluding carboxylic acids is 4. The van der Waals surface area contributed by atoms with E-state index in [2.05, 4.69) is 15.0 Å². The van der Waals surface area contributed by atoms with Gasteiger partial charge in [-0.05, 0) is 41.9 Å². The van der Waals surface area contributed by atoms with Gasteiger partial charge in [0.05, 0.1) is 11.7 Å². The van der Waals surface area contributed by atoms with Crippen LogP contribution < -0.4 is 10.6 Å². The third-order valence-electron chi connectivity index (χ3n) is 5.49. The summed E-state index contributed by atoms with van der Waals surface area (Å²) in [5.41, 5.74) is 1.53. The number of rotatable bonds is 7. The summed E-state index contributed by atoms with van der Waals surface area (Å²) in [5, 5.41) is 5.27. The standard InChI is InChI=1S/C24H29N3O5S/c1-15(2)21(26-24(31)32-14-16-7-4-3-5-8-16)20(28)12-17-11-18-13-19(33-27-18)9-6-10-25-23(30)22(17)29/h3-5,7-8,13,15,17,21H,6,9-12,14H2,1-2H3,(H,25,30)(H,26,31). The highest BCUT2D eigenvalue weighted by atomic mass is 32.1. The van der Waals surface area contributed by atoms with Gasteiger partial charge in [-0.25, -0.2) is 4.79 Å². The van der Waals surface area contributed by atoms with E-state index in [-0.39, 0.29) is 31.1 Å². The highest BCUT2D eigenvalue weighted by Gasteiger charge is 2.33. The Hall–Kier alpha value is -3.07. The molecular formula is C24H29N3O5S. The maximum absolute atomic E-state index is 13.1. The molecule has 1 aromatic carbocycles. The van der Waals surface area contributed by atoms with Crippen molar-refractivity contribution in [2.45, 2.75) is 52.2 Å². The molecule has 0 saturated heterocycles. The largest absolute Gasteiger partial charge is 0.445 e. The molecule has 0 aliphatic carbocycles. The van der Waals surface area contributed by atoms with Crippen LogP contribution in [0, 0.1) is 11.8 Å². The summed E-state index contributed by atoms with van der Waals surface area (Å²) < 4.78 is 9.63. The van der Waals surface area contributed by atoms with E-state index in [4.69, 9.17) is 4.74 Å². The van der Waals surface area contributed by atoms with E-state index in [9.17, 15) is 19.2 Å². The van der Waals surface area contributed by atoms with Gasteiger partial charge >= 0.3 is 6.09 Å². The van der Waals surface area contributed by atoms with Crippen LogP contribution in [0.25, 0.3) is 0 Å². The Balaban J connectivity index is 1.66. The third kappa shape index (κ3) is 7.21. The van der Waals surface area contributed by atoms with Crippen LogP contribution in [0.5, 0.6) is 0 Å². The SMILES string of the molecule is CC(C)C(NC(=O)OCc1ccccc1)C(=O)CC1Cc2cc(sn2)CCCNC(=O)C1=O. The second kappa shape index (κ2) is 11.7. The Morgan fingerprint density at radius 1 is 1.24 bits per heavy atom. The smallest absolute Gasteiger partial charge is 0.408 e. The van der Waals surface area contributed by atoms with Crippen molar-refractivity contribution >= 4 is 35.1 Å². The zero-order valence-corrected chi connectivity index (χ0v) is 19.7. The minimum Gasteiger partial charge on any atom is -0.445 e. The van der Waals surface area contributed by atoms with Gasteiger partial charge in [-0.2, -0.15) is 4.37 Å². The van der Waals surface area contributed by atoms with Crippen LogP contribution in [0.2, 0.25) is 0 Å². The predicted molar refractivity (Wildman–Crippen MR) is 124 cm³/mol. The third-order valence-corrected chi connectivity index (χ3v) is 6.37. The Labute approximate surface area is 197 Å². The maximum Gasteiger partial charge on any atom is 0.408 e. The number of Topliss-reactive ketones (excluding diaryl/α,β-unsaturated/α-hetero) is 2. The van der Waals surface area contributed by atoms with Crippen molar-refractivity contribution in [1.29, 1.82) is 0 Å². The number of ketones is 2. The van der Waals surface area contributed by atoms with Crippen molar-refractivity contribution in [3.63, 3.8) is 0 Å². The molecule has 2 bridgehead atoms. The fraction of sp³-hybridized carbons (Fsp3) is 0.458. The van der Waals surface area contributed by atoms with E-state index in [0.29, 0.717) is 18.7 Å². The molecule has 0 saturated carbocycles. The van der Waals surface area contributed by atoms with E-state index in [0.717, 1.165) is 16.9 Å². The number of aromatic nitrogens is 1. The predicted octanol–water partition coefficient (Wildman–Crippen LogP) is 2.84. The van der Waals surface area contributed by atoms with E-state index in [1.165, 1.54) is 11.5 Å². The highest BCUT2D eigenvalue weighted by Crippen LogP contribution is 2.21. The van der Waals surface area contributed by atoms with E-state index < -0.39 is 29.7 Å².